The highest BCUT2D eigenvalue weighted by Crippen LogP contribution is 2.00. The van der Waals surface area contributed by atoms with Gasteiger partial charge in [0.05, 0.1) is 6.54 Å². The standard InChI is InChI=1S/C15H17N5O3/c1-11(21)7-8-13-17-19-14(20-18-13)9-16-15(22)23-10-12-5-3-2-4-6-12/h2-6H,7-10H2,1H3,(H,16,22). The Kier molecular flexibility index (Phi) is 6.10. The third kappa shape index (κ3) is 6.16. The van der Waals surface area contributed by atoms with Crippen LogP contribution in [0.15, 0.2) is 30.3 Å². The van der Waals surface area contributed by atoms with Crippen LogP contribution in [0.2, 0.25) is 0 Å². The lowest BCUT2D eigenvalue weighted by Gasteiger charge is -2.06. The number of carbonyl (C=O) groups is 2. The number of hydrogen-bond acceptors (Lipinski definition) is 7. The number of amides is 1. The molecule has 0 atom stereocenters. The molecule has 2 rings (SSSR count). The van der Waals surface area contributed by atoms with Crippen LogP contribution in [0.3, 0.4) is 0 Å². The van der Waals surface area contributed by atoms with Crippen molar-refractivity contribution in [3.8, 4) is 0 Å². The van der Waals surface area contributed by atoms with Gasteiger partial charge in [0.25, 0.3) is 0 Å². The topological polar surface area (TPSA) is 107 Å². The van der Waals surface area contributed by atoms with Crippen molar-refractivity contribution in [2.45, 2.75) is 32.9 Å². The molecule has 1 aromatic carbocycles. The molecule has 8 heteroatoms. The van der Waals surface area contributed by atoms with Crippen LogP contribution >= 0.6 is 0 Å². The van der Waals surface area contributed by atoms with E-state index in [4.69, 9.17) is 4.74 Å². The molecule has 120 valence electrons. The fourth-order valence-electron chi connectivity index (χ4n) is 1.65. The molecule has 0 spiro atoms. The number of hydrogen-bond donors (Lipinski definition) is 1. The molecule has 1 N–H and O–H groups in total. The summed E-state index contributed by atoms with van der Waals surface area (Å²) in [4.78, 5) is 22.4. The average molecular weight is 315 g/mol. The maximum absolute atomic E-state index is 11.6. The van der Waals surface area contributed by atoms with Crippen LogP contribution in [0, 0.1) is 0 Å². The molecule has 23 heavy (non-hydrogen) atoms. The molecule has 0 aliphatic heterocycles. The minimum absolute atomic E-state index is 0.0560. The second kappa shape index (κ2) is 8.52. The summed E-state index contributed by atoms with van der Waals surface area (Å²) in [5.41, 5.74) is 0.900. The monoisotopic (exact) mass is 315 g/mol. The molecular weight excluding hydrogens is 298 g/mol. The van der Waals surface area contributed by atoms with E-state index in [-0.39, 0.29) is 24.8 Å². The summed E-state index contributed by atoms with van der Waals surface area (Å²) in [6, 6.07) is 9.36. The Labute approximate surface area is 133 Å². The number of carbonyl (C=O) groups excluding carboxylic acids is 2. The van der Waals surface area contributed by atoms with Crippen LogP contribution in [0.5, 0.6) is 0 Å². The van der Waals surface area contributed by atoms with Gasteiger partial charge in [-0.05, 0) is 12.5 Å². The van der Waals surface area contributed by atoms with Gasteiger partial charge < -0.3 is 14.8 Å². The predicted molar refractivity (Wildman–Crippen MR) is 80.1 cm³/mol. The molecule has 8 nitrogen and oxygen atoms in total. The Morgan fingerprint density at radius 2 is 1.70 bits per heavy atom. The lowest BCUT2D eigenvalue weighted by molar-refractivity contribution is -0.117. The summed E-state index contributed by atoms with van der Waals surface area (Å²) in [5.74, 6) is 0.726. The van der Waals surface area contributed by atoms with Crippen LogP contribution in [-0.2, 0) is 29.1 Å². The summed E-state index contributed by atoms with van der Waals surface area (Å²) in [6.07, 6.45) is 0.188. The van der Waals surface area contributed by atoms with Gasteiger partial charge >= 0.3 is 6.09 Å². The van der Waals surface area contributed by atoms with Gasteiger partial charge in [0, 0.05) is 12.8 Å². The highest BCUT2D eigenvalue weighted by atomic mass is 16.5. The normalized spacial score (nSPS) is 10.1. The molecule has 1 aromatic heterocycles. The van der Waals surface area contributed by atoms with E-state index in [9.17, 15) is 9.59 Å². The van der Waals surface area contributed by atoms with Gasteiger partial charge in [0.2, 0.25) is 0 Å². The third-order valence-electron chi connectivity index (χ3n) is 2.87. The molecule has 0 radical (unpaired) electrons. The molecule has 0 saturated carbocycles. The molecule has 2 aromatic rings. The van der Waals surface area contributed by atoms with Crippen molar-refractivity contribution in [3.05, 3.63) is 47.5 Å². The SMILES string of the molecule is CC(=O)CCc1nnc(CNC(=O)OCc2ccccc2)nn1. The number of aryl methyl sites for hydroxylation is 1. The maximum atomic E-state index is 11.6. The van der Waals surface area contributed by atoms with Crippen molar-refractivity contribution < 1.29 is 14.3 Å². The zero-order valence-corrected chi connectivity index (χ0v) is 12.7. The first-order chi connectivity index (χ1) is 11.1. The Balaban J connectivity index is 1.72. The quantitative estimate of drug-likeness (QED) is 0.818. The predicted octanol–water partition coefficient (Wildman–Crippen LogP) is 1.21. The lowest BCUT2D eigenvalue weighted by atomic mass is 10.2. The first kappa shape index (κ1) is 16.5. The van der Waals surface area contributed by atoms with Crippen molar-refractivity contribution in [2.75, 3.05) is 0 Å². The summed E-state index contributed by atoms with van der Waals surface area (Å²) >= 11 is 0. The number of ether oxygens (including phenoxy) is 1. The number of benzene rings is 1. The molecule has 1 heterocycles. The Hall–Kier alpha value is -2.90. The third-order valence-corrected chi connectivity index (χ3v) is 2.87. The number of nitrogens with zero attached hydrogens (tertiary/aromatic N) is 4. The number of rotatable bonds is 7. The van der Waals surface area contributed by atoms with Crippen molar-refractivity contribution in [1.82, 2.24) is 25.7 Å². The molecule has 0 fully saturated rings. The van der Waals surface area contributed by atoms with Gasteiger partial charge in [-0.25, -0.2) is 4.79 Å². The largest absolute Gasteiger partial charge is 0.445 e. The number of nitrogens with one attached hydrogen (secondary N) is 1. The van der Waals surface area contributed by atoms with Gasteiger partial charge in [0.1, 0.15) is 12.4 Å². The van der Waals surface area contributed by atoms with Gasteiger partial charge in [-0.15, -0.1) is 20.4 Å². The number of alkyl carbamates (subject to hydrolysis) is 1. The van der Waals surface area contributed by atoms with E-state index in [1.54, 1.807) is 0 Å². The van der Waals surface area contributed by atoms with Crippen LogP contribution in [0.25, 0.3) is 0 Å². The summed E-state index contributed by atoms with van der Waals surface area (Å²) in [7, 11) is 0. The lowest BCUT2D eigenvalue weighted by Crippen LogP contribution is -2.25. The Bertz CT molecular complexity index is 646. The summed E-state index contributed by atoms with van der Waals surface area (Å²) < 4.78 is 5.05. The summed E-state index contributed by atoms with van der Waals surface area (Å²) in [5, 5.41) is 17.9. The smallest absolute Gasteiger partial charge is 0.407 e. The van der Waals surface area contributed by atoms with Crippen LogP contribution in [0.4, 0.5) is 4.79 Å². The Morgan fingerprint density at radius 3 is 2.35 bits per heavy atom. The minimum Gasteiger partial charge on any atom is -0.445 e. The molecular formula is C15H17N5O3. The highest BCUT2D eigenvalue weighted by molar-refractivity contribution is 5.75. The van der Waals surface area contributed by atoms with Gasteiger partial charge in [-0.1, -0.05) is 30.3 Å². The number of ketones is 1. The molecule has 0 aliphatic rings. The van der Waals surface area contributed by atoms with Crippen molar-refractivity contribution in [3.63, 3.8) is 0 Å². The highest BCUT2D eigenvalue weighted by Gasteiger charge is 2.06. The molecule has 0 bridgehead atoms. The van der Waals surface area contributed by atoms with E-state index in [1.807, 2.05) is 30.3 Å². The first-order valence-electron chi connectivity index (χ1n) is 7.12. The van der Waals surface area contributed by atoms with E-state index >= 15 is 0 Å². The van der Waals surface area contributed by atoms with Gasteiger partial charge in [-0.3, -0.25) is 0 Å². The number of aromatic nitrogens is 4. The van der Waals surface area contributed by atoms with Crippen LogP contribution in [0.1, 0.15) is 30.6 Å². The number of Topliss-reactive ketones (excluding diaryl/α,β-unsaturated/α-hetero) is 1. The fourth-order valence-corrected chi connectivity index (χ4v) is 1.65. The van der Waals surface area contributed by atoms with E-state index in [1.165, 1.54) is 6.92 Å². The zero-order valence-electron chi connectivity index (χ0n) is 12.7. The second-order valence-corrected chi connectivity index (χ2v) is 4.85. The minimum atomic E-state index is -0.571. The van der Waals surface area contributed by atoms with E-state index in [0.717, 1.165) is 5.56 Å². The zero-order chi connectivity index (χ0) is 16.5. The van der Waals surface area contributed by atoms with Gasteiger partial charge in [-0.2, -0.15) is 0 Å². The summed E-state index contributed by atoms with van der Waals surface area (Å²) in [6.45, 7) is 1.76. The average Bonchev–Trinajstić information content (AvgIpc) is 2.58. The molecule has 1 amide bonds. The van der Waals surface area contributed by atoms with E-state index < -0.39 is 6.09 Å². The fraction of sp³-hybridized carbons (Fsp3) is 0.333. The van der Waals surface area contributed by atoms with Crippen molar-refractivity contribution >= 4 is 11.9 Å². The molecule has 0 aliphatic carbocycles. The van der Waals surface area contributed by atoms with E-state index in [0.29, 0.717) is 18.7 Å². The second-order valence-electron chi connectivity index (χ2n) is 4.85. The molecule has 0 saturated heterocycles. The Morgan fingerprint density at radius 1 is 1.04 bits per heavy atom. The van der Waals surface area contributed by atoms with E-state index in [2.05, 4.69) is 25.7 Å². The maximum Gasteiger partial charge on any atom is 0.407 e. The van der Waals surface area contributed by atoms with Gasteiger partial charge in [0.15, 0.2) is 11.6 Å². The van der Waals surface area contributed by atoms with Crippen molar-refractivity contribution in [2.24, 2.45) is 0 Å². The first-order valence-corrected chi connectivity index (χ1v) is 7.12. The molecule has 0 unspecified atom stereocenters. The van der Waals surface area contributed by atoms with Crippen LogP contribution < -0.4 is 5.32 Å². The van der Waals surface area contributed by atoms with Crippen molar-refractivity contribution in [1.29, 1.82) is 0 Å². The van der Waals surface area contributed by atoms with Crippen LogP contribution in [-0.4, -0.2) is 32.3 Å².